The number of carbonyl (C=O) groups is 1. The van der Waals surface area contributed by atoms with E-state index in [1.165, 1.54) is 30.0 Å². The number of hydrogen-bond acceptors (Lipinski definition) is 6. The first kappa shape index (κ1) is 22.0. The smallest absolute Gasteiger partial charge is 0.243 e. The van der Waals surface area contributed by atoms with E-state index in [-0.39, 0.29) is 10.8 Å². The zero-order valence-electron chi connectivity index (χ0n) is 18.6. The molecular weight excluding hydrogens is 430 g/mol. The number of carbonyl (C=O) groups excluding carboxylic acids is 1. The average molecular weight is 464 g/mol. The fourth-order valence-corrected chi connectivity index (χ4v) is 7.02. The van der Waals surface area contributed by atoms with Crippen LogP contribution in [0.25, 0.3) is 0 Å². The molecule has 1 aliphatic carbocycles. The summed E-state index contributed by atoms with van der Waals surface area (Å²) < 4.78 is 38.8. The highest BCUT2D eigenvalue weighted by molar-refractivity contribution is 7.89. The molecule has 176 valence electrons. The largest absolute Gasteiger partial charge is 0.486 e. The predicted molar refractivity (Wildman–Crippen MR) is 119 cm³/mol. The fourth-order valence-electron chi connectivity index (χ4n) is 5.58. The minimum absolute atomic E-state index is 0.192. The Labute approximate surface area is 190 Å². The summed E-state index contributed by atoms with van der Waals surface area (Å²) in [6.07, 6.45) is 6.35. The number of amides is 1. The summed E-state index contributed by atoms with van der Waals surface area (Å²) in [4.78, 5) is 17.3. The van der Waals surface area contributed by atoms with Crippen molar-refractivity contribution in [3.05, 3.63) is 18.2 Å². The van der Waals surface area contributed by atoms with Crippen LogP contribution in [0.3, 0.4) is 0 Å². The molecule has 0 aromatic heterocycles. The van der Waals surface area contributed by atoms with Gasteiger partial charge >= 0.3 is 0 Å². The van der Waals surface area contributed by atoms with Crippen molar-refractivity contribution in [3.8, 4) is 11.5 Å². The number of piperazine rings is 1. The maximum Gasteiger partial charge on any atom is 0.243 e. The van der Waals surface area contributed by atoms with Crippen LogP contribution in [0.5, 0.6) is 11.5 Å². The number of rotatable bonds is 4. The Morgan fingerprint density at radius 2 is 1.62 bits per heavy atom. The van der Waals surface area contributed by atoms with Gasteiger partial charge in [-0.15, -0.1) is 0 Å². The van der Waals surface area contributed by atoms with Gasteiger partial charge in [0.2, 0.25) is 15.9 Å². The van der Waals surface area contributed by atoms with E-state index in [4.69, 9.17) is 9.47 Å². The third kappa shape index (κ3) is 4.47. The lowest BCUT2D eigenvalue weighted by Gasteiger charge is -2.42. The van der Waals surface area contributed by atoms with Gasteiger partial charge in [-0.05, 0) is 36.8 Å². The molecule has 3 fully saturated rings. The minimum atomic E-state index is -3.61. The van der Waals surface area contributed by atoms with E-state index in [9.17, 15) is 13.2 Å². The van der Waals surface area contributed by atoms with Gasteiger partial charge in [-0.2, -0.15) is 4.31 Å². The number of likely N-dealkylation sites (tertiary alicyclic amines) is 1. The number of hydrogen-bond donors (Lipinski definition) is 0. The van der Waals surface area contributed by atoms with Crippen molar-refractivity contribution < 1.29 is 22.7 Å². The molecule has 3 aliphatic heterocycles. The number of piperidine rings is 1. The topological polar surface area (TPSA) is 79.4 Å². The third-order valence-electron chi connectivity index (χ3n) is 7.49. The summed E-state index contributed by atoms with van der Waals surface area (Å²) in [6, 6.07) is 4.79. The second-order valence-corrected chi connectivity index (χ2v) is 11.4. The fraction of sp³-hybridized carbons (Fsp3) is 0.696. The van der Waals surface area contributed by atoms with Crippen LogP contribution in [0, 0.1) is 11.8 Å². The molecule has 0 spiro atoms. The predicted octanol–water partition coefficient (Wildman–Crippen LogP) is 1.80. The summed E-state index contributed by atoms with van der Waals surface area (Å²) in [5.74, 6) is 2.73. The lowest BCUT2D eigenvalue weighted by Crippen LogP contribution is -2.53. The van der Waals surface area contributed by atoms with Gasteiger partial charge in [0.25, 0.3) is 0 Å². The standard InChI is InChI=1S/C23H33N3O5S/c27-23(25-8-7-18-3-1-2-4-19(18)16-25)17-24-9-11-26(12-10-24)32(28,29)20-5-6-21-22(15-20)31-14-13-30-21/h5-6,15,18-19H,1-4,7-14,16-17H2. The zero-order chi connectivity index (χ0) is 22.1. The summed E-state index contributed by atoms with van der Waals surface area (Å²) in [5.41, 5.74) is 0. The summed E-state index contributed by atoms with van der Waals surface area (Å²) in [5, 5.41) is 0. The zero-order valence-corrected chi connectivity index (χ0v) is 19.4. The minimum Gasteiger partial charge on any atom is -0.486 e. The Bertz CT molecular complexity index is 945. The van der Waals surface area contributed by atoms with Crippen molar-refractivity contribution in [3.63, 3.8) is 0 Å². The summed E-state index contributed by atoms with van der Waals surface area (Å²) in [7, 11) is -3.61. The van der Waals surface area contributed by atoms with E-state index in [0.717, 1.165) is 25.4 Å². The first-order valence-corrected chi connectivity index (χ1v) is 13.3. The average Bonchev–Trinajstić information content (AvgIpc) is 2.83. The maximum absolute atomic E-state index is 13.1. The third-order valence-corrected chi connectivity index (χ3v) is 9.38. The second kappa shape index (κ2) is 9.19. The van der Waals surface area contributed by atoms with Gasteiger partial charge in [-0.25, -0.2) is 8.42 Å². The lowest BCUT2D eigenvalue weighted by atomic mass is 9.75. The van der Waals surface area contributed by atoms with Crippen LogP contribution in [0.1, 0.15) is 32.1 Å². The first-order chi connectivity index (χ1) is 15.5. The molecule has 9 heteroatoms. The van der Waals surface area contributed by atoms with Crippen LogP contribution in [0.4, 0.5) is 0 Å². The van der Waals surface area contributed by atoms with Crippen LogP contribution >= 0.6 is 0 Å². The highest BCUT2D eigenvalue weighted by atomic mass is 32.2. The molecule has 2 saturated heterocycles. The second-order valence-electron chi connectivity index (χ2n) is 9.42. The van der Waals surface area contributed by atoms with Crippen molar-refractivity contribution in [2.24, 2.45) is 11.8 Å². The monoisotopic (exact) mass is 463 g/mol. The molecule has 8 nitrogen and oxygen atoms in total. The van der Waals surface area contributed by atoms with E-state index < -0.39 is 10.0 Å². The number of sulfonamides is 1. The molecule has 5 rings (SSSR count). The molecule has 1 aromatic rings. The van der Waals surface area contributed by atoms with E-state index >= 15 is 0 Å². The van der Waals surface area contributed by atoms with Gasteiger partial charge in [0.15, 0.2) is 11.5 Å². The van der Waals surface area contributed by atoms with E-state index in [1.54, 1.807) is 18.2 Å². The molecule has 2 unspecified atom stereocenters. The van der Waals surface area contributed by atoms with E-state index in [2.05, 4.69) is 4.90 Å². The quantitative estimate of drug-likeness (QED) is 0.678. The SMILES string of the molecule is O=C(CN1CCN(S(=O)(=O)c2ccc3c(c2)OCCO3)CC1)N1CCC2CCCCC2C1. The van der Waals surface area contributed by atoms with Crippen LogP contribution in [0.15, 0.2) is 23.1 Å². The van der Waals surface area contributed by atoms with Crippen molar-refractivity contribution in [2.75, 3.05) is 59.0 Å². The van der Waals surface area contributed by atoms with Crippen LogP contribution < -0.4 is 9.47 Å². The van der Waals surface area contributed by atoms with Crippen LogP contribution in [0.2, 0.25) is 0 Å². The highest BCUT2D eigenvalue weighted by Gasteiger charge is 2.34. The van der Waals surface area contributed by atoms with Crippen molar-refractivity contribution >= 4 is 15.9 Å². The Balaban J connectivity index is 1.15. The van der Waals surface area contributed by atoms with Gasteiger partial charge in [0, 0.05) is 45.3 Å². The highest BCUT2D eigenvalue weighted by Crippen LogP contribution is 2.36. The number of benzene rings is 1. The molecule has 1 amide bonds. The number of ether oxygens (including phenoxy) is 2. The first-order valence-electron chi connectivity index (χ1n) is 11.9. The molecule has 2 atom stereocenters. The Morgan fingerprint density at radius 1 is 0.906 bits per heavy atom. The van der Waals surface area contributed by atoms with Gasteiger partial charge < -0.3 is 14.4 Å². The Kier molecular flexibility index (Phi) is 6.31. The molecule has 1 saturated carbocycles. The molecule has 1 aromatic carbocycles. The molecule has 0 bridgehead atoms. The number of nitrogens with zero attached hydrogens (tertiary/aromatic N) is 3. The van der Waals surface area contributed by atoms with Crippen LogP contribution in [-0.4, -0.2) is 87.5 Å². The Hall–Kier alpha value is -1.84. The molecule has 0 radical (unpaired) electrons. The number of fused-ring (bicyclic) bond motifs is 2. The van der Waals surface area contributed by atoms with Gasteiger partial charge in [0.1, 0.15) is 13.2 Å². The summed E-state index contributed by atoms with van der Waals surface area (Å²) >= 11 is 0. The Morgan fingerprint density at radius 3 is 2.41 bits per heavy atom. The van der Waals surface area contributed by atoms with Gasteiger partial charge in [-0.3, -0.25) is 9.69 Å². The lowest BCUT2D eigenvalue weighted by molar-refractivity contribution is -0.135. The normalized spacial score (nSPS) is 27.1. The molecule has 32 heavy (non-hydrogen) atoms. The molecule has 0 N–H and O–H groups in total. The van der Waals surface area contributed by atoms with Gasteiger partial charge in [-0.1, -0.05) is 19.3 Å². The maximum atomic E-state index is 13.1. The van der Waals surface area contributed by atoms with Crippen molar-refractivity contribution in [1.29, 1.82) is 0 Å². The molecule has 3 heterocycles. The van der Waals surface area contributed by atoms with Crippen molar-refractivity contribution in [2.45, 2.75) is 37.0 Å². The van der Waals surface area contributed by atoms with Gasteiger partial charge in [0.05, 0.1) is 11.4 Å². The van der Waals surface area contributed by atoms with E-state index in [0.29, 0.717) is 63.4 Å². The summed E-state index contributed by atoms with van der Waals surface area (Å²) in [6.45, 7) is 4.95. The van der Waals surface area contributed by atoms with Crippen LogP contribution in [-0.2, 0) is 14.8 Å². The van der Waals surface area contributed by atoms with E-state index in [1.807, 2.05) is 4.90 Å². The molecule has 4 aliphatic rings. The molecular formula is C23H33N3O5S. The van der Waals surface area contributed by atoms with Crippen molar-refractivity contribution in [1.82, 2.24) is 14.1 Å².